The molecule has 0 spiro atoms. The maximum Gasteiger partial charge on any atom is 0.569 e. The Labute approximate surface area is 54.3 Å². The molecule has 30 valence electrons. The van der Waals surface area contributed by atoms with Crippen LogP contribution >= 0.6 is 12.9 Å². The Kier molecular flexibility index (Phi) is 6.59. The first-order chi connectivity index (χ1) is 2.91. The highest BCUT2D eigenvalue weighted by molar-refractivity contribution is 9.23. The van der Waals surface area contributed by atoms with Crippen molar-refractivity contribution >= 4 is 31.1 Å². The summed E-state index contributed by atoms with van der Waals surface area (Å²) in [6, 6.07) is 0. The molecule has 0 rings (SSSR count). The van der Waals surface area contributed by atoms with Crippen molar-refractivity contribution in [2.75, 3.05) is 0 Å². The largest absolute Gasteiger partial charge is 0.569 e. The van der Waals surface area contributed by atoms with E-state index in [0.717, 1.165) is 6.42 Å². The van der Waals surface area contributed by atoms with Gasteiger partial charge in [-0.1, -0.05) is 6.92 Å². The summed E-state index contributed by atoms with van der Waals surface area (Å²) >= 11 is 3.17. The topological polar surface area (TPSA) is 0 Å². The van der Waals surface area contributed by atoms with Crippen LogP contribution in [0.1, 0.15) is 13.3 Å². The Hall–Kier alpha value is 0.806. The predicted octanol–water partition coefficient (Wildman–Crippen LogP) is 1.37. The molecule has 0 aliphatic heterocycles. The van der Waals surface area contributed by atoms with Crippen LogP contribution in [0.25, 0.3) is 0 Å². The second kappa shape index (κ2) is 5.81. The Bertz CT molecular complexity index is 61.4. The number of hydrogen-bond acceptors (Lipinski definition) is 0. The van der Waals surface area contributed by atoms with E-state index < -0.39 is 0 Å². The minimum atomic E-state index is -0.146. The van der Waals surface area contributed by atoms with Gasteiger partial charge in [0.2, 0.25) is 0 Å². The van der Waals surface area contributed by atoms with E-state index in [1.807, 2.05) is 0 Å². The summed E-state index contributed by atoms with van der Waals surface area (Å²) in [4.78, 5) is 0. The number of hydrogen-bond donors (Lipinski definition) is 0. The molecule has 0 aromatic heterocycles. The van der Waals surface area contributed by atoms with Gasteiger partial charge in [0.05, 0.1) is 0 Å². The fourth-order valence-corrected chi connectivity index (χ4v) is 1.11. The van der Waals surface area contributed by atoms with Gasteiger partial charge in [-0.3, -0.25) is 16.9 Å². The second-order valence-corrected chi connectivity index (χ2v) is 3.14. The lowest BCUT2D eigenvalue weighted by Crippen LogP contribution is -1.62. The maximum atomic E-state index is 3.32. The fraction of sp³-hybridized carbons (Fsp3) is 0.500. The van der Waals surface area contributed by atoms with E-state index in [1.54, 1.807) is 0 Å². The molecule has 0 aliphatic rings. The monoisotopic (exact) mass is 156 g/mol. The molecule has 0 fully saturated rings. The van der Waals surface area contributed by atoms with Crippen molar-refractivity contribution < 1.29 is 0 Å². The van der Waals surface area contributed by atoms with Crippen molar-refractivity contribution in [3.8, 4) is 9.97 Å². The van der Waals surface area contributed by atoms with Crippen molar-refractivity contribution in [3.63, 3.8) is 0 Å². The third-order valence-electron chi connectivity index (χ3n) is 0.369. The minimum Gasteiger partial charge on any atom is -0.277 e. The molecule has 0 radical (unpaired) electrons. The first-order valence-corrected chi connectivity index (χ1v) is 6.54. The van der Waals surface area contributed by atoms with Gasteiger partial charge in [0.1, 0.15) is 0 Å². The van der Waals surface area contributed by atoms with E-state index in [1.165, 1.54) is 0 Å². The first kappa shape index (κ1) is 6.81. The molecule has 0 bridgehead atoms. The molecule has 2 heteroatoms. The molecule has 0 saturated heterocycles. The quantitative estimate of drug-likeness (QED) is 0.368. The van der Waals surface area contributed by atoms with Crippen LogP contribution in [0.4, 0.5) is 0 Å². The van der Waals surface area contributed by atoms with Crippen LogP contribution in [0.2, 0.25) is 0 Å². The summed E-state index contributed by atoms with van der Waals surface area (Å²) in [5.74, 6) is 2.96. The van der Waals surface area contributed by atoms with Gasteiger partial charge in [0, 0.05) is 6.42 Å². The average Bonchev–Trinajstić information content (AvgIpc) is 1.61. The summed E-state index contributed by atoms with van der Waals surface area (Å²) in [6.07, 6.45) is 0.999. The average molecular weight is 157 g/mol. The van der Waals surface area contributed by atoms with E-state index in [4.69, 9.17) is 0 Å². The summed E-state index contributed by atoms with van der Waals surface area (Å²) in [6.45, 7) is 2.06. The molecular weight excluding hydrogens is 152 g/mol. The highest BCUT2D eigenvalue weighted by atomic mass is 79.9. The van der Waals surface area contributed by atoms with Gasteiger partial charge in [-0.15, -0.1) is 5.92 Å². The van der Waals surface area contributed by atoms with Crippen LogP contribution in [0.15, 0.2) is 0 Å². The van der Waals surface area contributed by atoms with Crippen molar-refractivity contribution in [3.05, 3.63) is 0 Å². The molecule has 0 aromatic rings. The molecule has 0 N–H and O–H groups in total. The van der Waals surface area contributed by atoms with Gasteiger partial charge in [-0.2, -0.15) is 0 Å². The maximum absolute atomic E-state index is 3.32. The summed E-state index contributed by atoms with van der Waals surface area (Å²) in [7, 11) is 0. The molecule has 0 aliphatic carbocycles. The number of rotatable bonds is 0. The molecule has 6 heavy (non-hydrogen) atoms. The predicted molar refractivity (Wildman–Crippen MR) is 32.7 cm³/mol. The zero-order valence-corrected chi connectivity index (χ0v) is 6.79. The van der Waals surface area contributed by atoms with Gasteiger partial charge in [0.15, 0.2) is 0 Å². The number of halogens is 1. The fourth-order valence-electron chi connectivity index (χ4n) is 0.172. The van der Waals surface area contributed by atoms with Gasteiger partial charge in [-0.25, -0.2) is 0 Å². The smallest absolute Gasteiger partial charge is 0.277 e. The van der Waals surface area contributed by atoms with E-state index >= 15 is 0 Å². The molecule has 0 saturated carbocycles. The van der Waals surface area contributed by atoms with E-state index in [9.17, 15) is 0 Å². The summed E-state index contributed by atoms with van der Waals surface area (Å²) < 4.78 is 3.00. The van der Waals surface area contributed by atoms with Crippen molar-refractivity contribution in [2.24, 2.45) is 0 Å². The lowest BCUT2D eigenvalue weighted by Gasteiger charge is -1.63. The molecule has 0 nitrogen and oxygen atoms in total. The van der Waals surface area contributed by atoms with Crippen molar-refractivity contribution in [1.82, 2.24) is 0 Å². The van der Waals surface area contributed by atoms with Crippen LogP contribution < -0.4 is 0 Å². The Morgan fingerprint density at radius 2 is 2.50 bits per heavy atom. The van der Waals surface area contributed by atoms with Gasteiger partial charge >= 0.3 is 18.2 Å². The van der Waals surface area contributed by atoms with Gasteiger partial charge < -0.3 is 0 Å². The van der Waals surface area contributed by atoms with Gasteiger partial charge in [0.25, 0.3) is 0 Å². The Balaban J connectivity index is 2.90. The second-order valence-electron chi connectivity index (χ2n) is 0.841. The molecule has 0 atom stereocenters. The summed E-state index contributed by atoms with van der Waals surface area (Å²) in [5.41, 5.74) is 0. The van der Waals surface area contributed by atoms with Crippen LogP contribution in [-0.4, -0.2) is 18.2 Å². The van der Waals surface area contributed by atoms with Crippen LogP contribution in [-0.2, 0) is 0 Å². The van der Waals surface area contributed by atoms with Crippen molar-refractivity contribution in [1.29, 1.82) is 0 Å². The SMILES string of the molecule is CCC#[C][Mg][Br]. The zero-order valence-electron chi connectivity index (χ0n) is 3.79. The molecule has 0 unspecified atom stereocenters. The Morgan fingerprint density at radius 1 is 1.83 bits per heavy atom. The van der Waals surface area contributed by atoms with Crippen LogP contribution in [0.3, 0.4) is 0 Å². The highest BCUT2D eigenvalue weighted by Gasteiger charge is 1.70. The van der Waals surface area contributed by atoms with Crippen LogP contribution in [0.5, 0.6) is 0 Å². The van der Waals surface area contributed by atoms with Crippen LogP contribution in [0, 0.1) is 9.97 Å². The molecule has 0 amide bonds. The normalized spacial score (nSPS) is 5.00. The molecule has 0 heterocycles. The Morgan fingerprint density at radius 3 is 2.67 bits per heavy atom. The van der Waals surface area contributed by atoms with E-state index in [-0.39, 0.29) is 18.2 Å². The van der Waals surface area contributed by atoms with Crippen molar-refractivity contribution in [2.45, 2.75) is 13.3 Å². The lowest BCUT2D eigenvalue weighted by atomic mass is 10.5. The highest BCUT2D eigenvalue weighted by Crippen LogP contribution is 1.70. The lowest BCUT2D eigenvalue weighted by molar-refractivity contribution is 1.28. The third-order valence-corrected chi connectivity index (χ3v) is 1.59. The van der Waals surface area contributed by atoms with E-state index in [2.05, 4.69) is 29.8 Å². The molecular formula is C4H5BrMg. The third kappa shape index (κ3) is 4.81. The standard InChI is InChI=1S/C4H5.BrH.Mg/c1-3-4-2;;/h3H2,1H3;1H;/q;;+1/p-1. The zero-order chi connectivity index (χ0) is 4.83. The summed E-state index contributed by atoms with van der Waals surface area (Å²) in [5, 5.41) is 0. The first-order valence-electron chi connectivity index (χ1n) is 1.93. The van der Waals surface area contributed by atoms with Gasteiger partial charge in [-0.05, 0) is 0 Å². The minimum absolute atomic E-state index is 0.146. The molecule has 0 aromatic carbocycles. The van der Waals surface area contributed by atoms with E-state index in [0.29, 0.717) is 0 Å².